The van der Waals surface area contributed by atoms with Crippen molar-refractivity contribution in [3.63, 3.8) is 0 Å². The first-order valence-electron chi connectivity index (χ1n) is 10.1. The predicted molar refractivity (Wildman–Crippen MR) is 121 cm³/mol. The van der Waals surface area contributed by atoms with Crippen LogP contribution in [0.3, 0.4) is 0 Å². The molecule has 0 aliphatic carbocycles. The molecule has 0 radical (unpaired) electrons. The summed E-state index contributed by atoms with van der Waals surface area (Å²) < 4.78 is 43.0. The molecule has 9 heteroatoms. The van der Waals surface area contributed by atoms with Gasteiger partial charge in [-0.2, -0.15) is 0 Å². The maximum atomic E-state index is 13.5. The Morgan fingerprint density at radius 3 is 2.56 bits per heavy atom. The van der Waals surface area contributed by atoms with Gasteiger partial charge >= 0.3 is 0 Å². The molecule has 7 nitrogen and oxygen atoms in total. The average molecular weight is 462 g/mol. The van der Waals surface area contributed by atoms with E-state index in [0.717, 1.165) is 12.1 Å². The normalized spacial score (nSPS) is 12.3. The first-order valence-corrected chi connectivity index (χ1v) is 10.1. The first-order chi connectivity index (χ1) is 16.5. The van der Waals surface area contributed by atoms with Gasteiger partial charge in [0.1, 0.15) is 11.3 Å². The van der Waals surface area contributed by atoms with Gasteiger partial charge in [-0.3, -0.25) is 9.59 Å². The van der Waals surface area contributed by atoms with Crippen molar-refractivity contribution in [3.05, 3.63) is 89.7 Å². The summed E-state index contributed by atoms with van der Waals surface area (Å²) in [6, 6.07) is 15.0. The Morgan fingerprint density at radius 2 is 1.71 bits per heavy atom. The van der Waals surface area contributed by atoms with Crippen LogP contribution in [-0.2, 0) is 4.79 Å². The van der Waals surface area contributed by atoms with Crippen molar-refractivity contribution in [2.45, 2.75) is 0 Å². The number of para-hydroxylation sites is 1. The van der Waals surface area contributed by atoms with Gasteiger partial charge in [-0.25, -0.2) is 8.78 Å². The molecule has 0 bridgehead atoms. The van der Waals surface area contributed by atoms with Gasteiger partial charge in [0.05, 0.1) is 0 Å². The summed E-state index contributed by atoms with van der Waals surface area (Å²) in [6.45, 7) is 0.145. The molecule has 0 saturated carbocycles. The zero-order chi connectivity index (χ0) is 23.7. The summed E-state index contributed by atoms with van der Waals surface area (Å²) in [6.07, 6.45) is 2.89. The number of amides is 2. The second kappa shape index (κ2) is 8.70. The van der Waals surface area contributed by atoms with E-state index in [9.17, 15) is 18.4 Å². The van der Waals surface area contributed by atoms with Crippen molar-refractivity contribution in [3.8, 4) is 11.5 Å². The lowest BCUT2D eigenvalue weighted by molar-refractivity contribution is -0.111. The van der Waals surface area contributed by atoms with Crippen molar-refractivity contribution in [1.82, 2.24) is 0 Å². The maximum absolute atomic E-state index is 13.5. The molecule has 3 aromatic carbocycles. The Morgan fingerprint density at radius 1 is 0.882 bits per heavy atom. The average Bonchev–Trinajstić information content (AvgIpc) is 3.44. The highest BCUT2D eigenvalue weighted by molar-refractivity contribution is 6.16. The highest BCUT2D eigenvalue weighted by Gasteiger charge is 2.22. The second-order valence-corrected chi connectivity index (χ2v) is 7.32. The monoisotopic (exact) mass is 462 g/mol. The number of benzene rings is 3. The topological polar surface area (TPSA) is 89.8 Å². The van der Waals surface area contributed by atoms with E-state index in [-0.39, 0.29) is 23.9 Å². The Labute approximate surface area is 191 Å². The molecule has 2 N–H and O–H groups in total. The summed E-state index contributed by atoms with van der Waals surface area (Å²) >= 11 is 0. The fourth-order valence-electron chi connectivity index (χ4n) is 3.44. The van der Waals surface area contributed by atoms with Gasteiger partial charge in [-0.15, -0.1) is 0 Å². The number of fused-ring (bicyclic) bond motifs is 2. The van der Waals surface area contributed by atoms with Crippen molar-refractivity contribution in [2.24, 2.45) is 0 Å². The summed E-state index contributed by atoms with van der Waals surface area (Å²) in [5.74, 6) is -2.37. The van der Waals surface area contributed by atoms with Crippen LogP contribution in [0.15, 0.2) is 71.2 Å². The van der Waals surface area contributed by atoms with Gasteiger partial charge < -0.3 is 24.5 Å². The van der Waals surface area contributed by atoms with Crippen LogP contribution in [0.5, 0.6) is 11.5 Å². The molecule has 170 valence electrons. The zero-order valence-corrected chi connectivity index (χ0v) is 17.4. The summed E-state index contributed by atoms with van der Waals surface area (Å²) in [5, 5.41) is 5.62. The molecule has 4 aromatic rings. The Hall–Kier alpha value is -4.66. The number of rotatable bonds is 5. The quantitative estimate of drug-likeness (QED) is 0.391. The molecule has 0 spiro atoms. The van der Waals surface area contributed by atoms with Crippen LogP contribution in [0.4, 0.5) is 20.2 Å². The van der Waals surface area contributed by atoms with E-state index >= 15 is 0 Å². The van der Waals surface area contributed by atoms with E-state index in [2.05, 4.69) is 10.6 Å². The van der Waals surface area contributed by atoms with Gasteiger partial charge in [0.25, 0.3) is 5.91 Å². The van der Waals surface area contributed by atoms with E-state index < -0.39 is 23.4 Å². The van der Waals surface area contributed by atoms with Crippen LogP contribution < -0.4 is 20.1 Å². The molecule has 0 unspecified atom stereocenters. The molecule has 0 atom stereocenters. The van der Waals surface area contributed by atoms with Crippen LogP contribution in [-0.4, -0.2) is 18.6 Å². The van der Waals surface area contributed by atoms with Crippen LogP contribution in [0.25, 0.3) is 17.0 Å². The fourth-order valence-corrected chi connectivity index (χ4v) is 3.44. The molecular formula is C25H16F2N2O5. The second-order valence-electron chi connectivity index (χ2n) is 7.32. The van der Waals surface area contributed by atoms with Crippen LogP contribution in [0.1, 0.15) is 16.1 Å². The van der Waals surface area contributed by atoms with Gasteiger partial charge in [0.2, 0.25) is 18.5 Å². The molecule has 2 heterocycles. The van der Waals surface area contributed by atoms with Crippen molar-refractivity contribution in [1.29, 1.82) is 0 Å². The molecule has 0 fully saturated rings. The third-order valence-corrected chi connectivity index (χ3v) is 5.05. The third-order valence-electron chi connectivity index (χ3n) is 5.05. The molecule has 2 amide bonds. The lowest BCUT2D eigenvalue weighted by Crippen LogP contribution is -2.16. The molecule has 5 rings (SSSR count). The summed E-state index contributed by atoms with van der Waals surface area (Å²) in [4.78, 5) is 25.5. The highest BCUT2D eigenvalue weighted by Crippen LogP contribution is 2.33. The summed E-state index contributed by atoms with van der Waals surface area (Å²) in [7, 11) is 0. The Balaban J connectivity index is 1.39. The van der Waals surface area contributed by atoms with E-state index in [1.54, 1.807) is 48.5 Å². The zero-order valence-electron chi connectivity index (χ0n) is 17.4. The summed E-state index contributed by atoms with van der Waals surface area (Å²) in [5.41, 5.74) is 1.26. The number of hydrogen-bond acceptors (Lipinski definition) is 5. The number of furan rings is 1. The van der Waals surface area contributed by atoms with Crippen molar-refractivity contribution < 1.29 is 32.3 Å². The lowest BCUT2D eigenvalue weighted by Gasteiger charge is -2.06. The number of carbonyl (C=O) groups is 2. The highest BCUT2D eigenvalue weighted by atomic mass is 19.2. The van der Waals surface area contributed by atoms with Gasteiger partial charge in [0, 0.05) is 23.2 Å². The largest absolute Gasteiger partial charge is 0.454 e. The van der Waals surface area contributed by atoms with E-state index in [4.69, 9.17) is 13.9 Å². The molecule has 1 aromatic heterocycles. The van der Waals surface area contributed by atoms with Crippen LogP contribution >= 0.6 is 0 Å². The number of hydrogen-bond donors (Lipinski definition) is 2. The minimum absolute atomic E-state index is 0.0318. The molecule has 1 aliphatic heterocycles. The van der Waals surface area contributed by atoms with Gasteiger partial charge in [0.15, 0.2) is 23.1 Å². The molecule has 1 aliphatic rings. The smallest absolute Gasteiger partial charge is 0.293 e. The van der Waals surface area contributed by atoms with Gasteiger partial charge in [-0.05, 0) is 48.0 Å². The number of carbonyl (C=O) groups excluding carboxylic acids is 2. The third kappa shape index (κ3) is 4.18. The minimum atomic E-state index is -1.11. The van der Waals surface area contributed by atoms with Crippen molar-refractivity contribution >= 4 is 40.2 Å². The number of ether oxygens (including phenoxy) is 2. The van der Waals surface area contributed by atoms with E-state index in [0.29, 0.717) is 28.0 Å². The lowest BCUT2D eigenvalue weighted by atomic mass is 10.2. The number of nitrogens with one attached hydrogen (secondary N) is 2. The van der Waals surface area contributed by atoms with Crippen molar-refractivity contribution in [2.75, 3.05) is 17.4 Å². The van der Waals surface area contributed by atoms with E-state index in [1.807, 2.05) is 0 Å². The number of halogens is 2. The maximum Gasteiger partial charge on any atom is 0.293 e. The number of anilines is 2. The van der Waals surface area contributed by atoms with Gasteiger partial charge in [-0.1, -0.05) is 18.2 Å². The molecule has 0 saturated heterocycles. The Bertz CT molecular complexity index is 1460. The van der Waals surface area contributed by atoms with E-state index in [1.165, 1.54) is 12.1 Å². The standard InChI is InChI=1S/C25H16F2N2O5/c26-17-8-7-15(12-18(17)27)28-25(31)24-23(16-3-1-2-4-19(16)34-24)29-22(30)10-6-14-5-9-20-21(11-14)33-13-32-20/h1-12H,13H2,(H,28,31)(H,29,30). The SMILES string of the molecule is O=C(C=Cc1ccc2c(c1)OCO2)Nc1c(C(=O)Nc2ccc(F)c(F)c2)oc2ccccc12. The Kier molecular flexibility index (Phi) is 5.43. The minimum Gasteiger partial charge on any atom is -0.454 e. The fraction of sp³-hybridized carbons (Fsp3) is 0.0400. The molecule has 34 heavy (non-hydrogen) atoms. The predicted octanol–water partition coefficient (Wildman–Crippen LogP) is 5.34. The molecular weight excluding hydrogens is 446 g/mol. The van der Waals surface area contributed by atoms with Crippen LogP contribution in [0.2, 0.25) is 0 Å². The first kappa shape index (κ1) is 21.2. The van der Waals surface area contributed by atoms with Crippen LogP contribution in [0, 0.1) is 11.6 Å².